The molecular weight excluding hydrogens is 439 g/mol. The van der Waals surface area contributed by atoms with Crippen LogP contribution in [0.2, 0.25) is 0 Å². The fourth-order valence-corrected chi connectivity index (χ4v) is 4.77. The second kappa shape index (κ2) is 8.50. The second-order valence-corrected chi connectivity index (χ2v) is 8.84. The van der Waals surface area contributed by atoms with Crippen molar-refractivity contribution < 1.29 is 9.90 Å². The molecule has 3 aromatic heterocycles. The van der Waals surface area contributed by atoms with Crippen molar-refractivity contribution in [2.75, 3.05) is 18.4 Å². The number of aromatic hydroxyl groups is 1. The van der Waals surface area contributed by atoms with Gasteiger partial charge in [-0.05, 0) is 36.5 Å². The van der Waals surface area contributed by atoms with Crippen molar-refractivity contribution in [3.05, 3.63) is 72.6 Å². The number of carbonyl (C=O) groups is 1. The number of nitrogens with zero attached hydrogens (tertiary/aromatic N) is 4. The minimum atomic E-state index is 0.0499. The molecule has 4 heterocycles. The molecule has 2 radical (unpaired) electrons. The van der Waals surface area contributed by atoms with E-state index in [4.69, 9.17) is 7.85 Å². The molecule has 8 nitrogen and oxygen atoms in total. The monoisotopic (exact) mass is 462 g/mol. The summed E-state index contributed by atoms with van der Waals surface area (Å²) in [5.41, 5.74) is 3.90. The van der Waals surface area contributed by atoms with Gasteiger partial charge in [0.15, 0.2) is 5.65 Å². The van der Waals surface area contributed by atoms with Crippen LogP contribution in [0.3, 0.4) is 0 Å². The van der Waals surface area contributed by atoms with E-state index in [1.165, 1.54) is 0 Å². The molecule has 2 aromatic carbocycles. The lowest BCUT2D eigenvalue weighted by atomic mass is 10.0. The van der Waals surface area contributed by atoms with Crippen LogP contribution >= 0.6 is 0 Å². The van der Waals surface area contributed by atoms with E-state index in [1.54, 1.807) is 29.0 Å². The molecule has 0 unspecified atom stereocenters. The van der Waals surface area contributed by atoms with E-state index in [-0.39, 0.29) is 17.7 Å². The fourth-order valence-electron chi connectivity index (χ4n) is 4.77. The molecule has 1 fully saturated rings. The Bertz CT molecular complexity index is 1550. The maximum Gasteiger partial charge on any atom is 0.256 e. The molecule has 35 heavy (non-hydrogen) atoms. The van der Waals surface area contributed by atoms with Crippen molar-refractivity contribution in [1.82, 2.24) is 24.5 Å². The molecule has 0 aliphatic carbocycles. The van der Waals surface area contributed by atoms with Gasteiger partial charge in [-0.2, -0.15) is 9.61 Å². The van der Waals surface area contributed by atoms with Gasteiger partial charge in [0.25, 0.3) is 5.91 Å². The molecule has 172 valence electrons. The van der Waals surface area contributed by atoms with Gasteiger partial charge < -0.3 is 20.3 Å². The molecule has 1 amide bonds. The zero-order valence-electron chi connectivity index (χ0n) is 19.0. The molecule has 1 aliphatic rings. The van der Waals surface area contributed by atoms with Crippen LogP contribution in [-0.2, 0) is 0 Å². The molecule has 0 atom stereocenters. The Hall–Kier alpha value is -4.27. The topological polar surface area (TPSA) is 98.6 Å². The normalized spacial score (nSPS) is 14.6. The van der Waals surface area contributed by atoms with Crippen LogP contribution in [0, 0.1) is 0 Å². The van der Waals surface area contributed by atoms with Crippen molar-refractivity contribution in [1.29, 1.82) is 0 Å². The van der Waals surface area contributed by atoms with Gasteiger partial charge in [-0.25, -0.2) is 4.98 Å². The van der Waals surface area contributed by atoms with Crippen molar-refractivity contribution in [3.63, 3.8) is 0 Å². The lowest BCUT2D eigenvalue weighted by Crippen LogP contribution is -2.42. The Labute approximate surface area is 203 Å². The summed E-state index contributed by atoms with van der Waals surface area (Å²) in [7, 11) is 6.12. The number of H-pyrrole nitrogens is 1. The minimum absolute atomic E-state index is 0.0499. The Balaban J connectivity index is 1.22. The molecule has 0 spiro atoms. The first kappa shape index (κ1) is 21.3. The van der Waals surface area contributed by atoms with Crippen molar-refractivity contribution in [2.45, 2.75) is 18.9 Å². The Morgan fingerprint density at radius 2 is 1.89 bits per heavy atom. The second-order valence-electron chi connectivity index (χ2n) is 8.84. The van der Waals surface area contributed by atoms with Crippen LogP contribution < -0.4 is 10.8 Å². The number of phenolic OH excluding ortho intramolecular Hbond substituents is 1. The summed E-state index contributed by atoms with van der Waals surface area (Å²) in [6, 6.07) is 17.0. The van der Waals surface area contributed by atoms with Gasteiger partial charge in [0, 0.05) is 54.1 Å². The molecule has 5 aromatic rings. The van der Waals surface area contributed by atoms with Crippen molar-refractivity contribution in [2.24, 2.45) is 0 Å². The summed E-state index contributed by atoms with van der Waals surface area (Å²) < 4.78 is 1.68. The number of anilines is 1. The summed E-state index contributed by atoms with van der Waals surface area (Å²) in [6.07, 6.45) is 4.96. The number of benzene rings is 2. The van der Waals surface area contributed by atoms with Gasteiger partial charge in [0.1, 0.15) is 19.4 Å². The molecule has 0 saturated carbocycles. The number of hydrogen-bond donors (Lipinski definition) is 3. The van der Waals surface area contributed by atoms with Gasteiger partial charge in [0.2, 0.25) is 0 Å². The van der Waals surface area contributed by atoms with E-state index < -0.39 is 0 Å². The van der Waals surface area contributed by atoms with Crippen LogP contribution in [0.15, 0.2) is 67.0 Å². The first-order valence-corrected chi connectivity index (χ1v) is 11.6. The largest absolute Gasteiger partial charge is 0.507 e. The number of aromatic amines is 1. The number of phenols is 1. The SMILES string of the molecule is [B]c1cnn2c(NC3CCN(C(=O)c4c[nH]c5ccccc45)CC3)cc(-c3ccccc3O)nc12. The molecule has 1 saturated heterocycles. The molecule has 1 aliphatic heterocycles. The number of amides is 1. The first-order chi connectivity index (χ1) is 17.1. The zero-order valence-corrected chi connectivity index (χ0v) is 19.0. The lowest BCUT2D eigenvalue weighted by Gasteiger charge is -2.33. The first-order valence-electron chi connectivity index (χ1n) is 11.6. The molecule has 6 rings (SSSR count). The third-order valence-corrected chi connectivity index (χ3v) is 6.63. The average molecular weight is 462 g/mol. The Kier molecular flexibility index (Phi) is 5.17. The fraction of sp³-hybridized carbons (Fsp3) is 0.192. The summed E-state index contributed by atoms with van der Waals surface area (Å²) >= 11 is 0. The van der Waals surface area contributed by atoms with E-state index in [0.29, 0.717) is 41.0 Å². The Morgan fingerprint density at radius 1 is 1.11 bits per heavy atom. The molecule has 0 bridgehead atoms. The van der Waals surface area contributed by atoms with Crippen LogP contribution in [0.4, 0.5) is 5.82 Å². The maximum absolute atomic E-state index is 13.2. The smallest absolute Gasteiger partial charge is 0.256 e. The number of fused-ring (bicyclic) bond motifs is 2. The van der Waals surface area contributed by atoms with Crippen LogP contribution in [0.1, 0.15) is 23.2 Å². The predicted molar refractivity (Wildman–Crippen MR) is 136 cm³/mol. The zero-order chi connectivity index (χ0) is 23.9. The van der Waals surface area contributed by atoms with E-state index in [2.05, 4.69) is 20.4 Å². The van der Waals surface area contributed by atoms with Crippen LogP contribution in [0.5, 0.6) is 5.75 Å². The highest BCUT2D eigenvalue weighted by molar-refractivity contribution is 6.36. The van der Waals surface area contributed by atoms with E-state index in [0.717, 1.165) is 29.6 Å². The van der Waals surface area contributed by atoms with Gasteiger partial charge in [-0.15, -0.1) is 0 Å². The maximum atomic E-state index is 13.2. The average Bonchev–Trinajstić information content (AvgIpc) is 3.48. The van der Waals surface area contributed by atoms with Gasteiger partial charge in [-0.1, -0.05) is 30.3 Å². The van der Waals surface area contributed by atoms with Gasteiger partial charge in [0.05, 0.1) is 11.3 Å². The number of nitrogens with one attached hydrogen (secondary N) is 2. The third-order valence-electron chi connectivity index (χ3n) is 6.63. The standard InChI is InChI=1S/C26H23BN6O2/c27-20-15-29-33-24(13-22(31-25(20)33)18-6-2-4-8-23(18)34)30-16-9-11-32(12-10-16)26(35)19-14-28-21-7-3-1-5-17(19)21/h1-8,13-16,28,30,34H,9-12H2. The highest BCUT2D eigenvalue weighted by atomic mass is 16.3. The van der Waals surface area contributed by atoms with E-state index in [1.807, 2.05) is 47.4 Å². The number of carbonyl (C=O) groups excluding carboxylic acids is 1. The predicted octanol–water partition coefficient (Wildman–Crippen LogP) is 3.09. The highest BCUT2D eigenvalue weighted by Gasteiger charge is 2.26. The number of aromatic nitrogens is 4. The Morgan fingerprint density at radius 3 is 2.71 bits per heavy atom. The van der Waals surface area contributed by atoms with Crippen LogP contribution in [-0.4, -0.2) is 62.5 Å². The summed E-state index contributed by atoms with van der Waals surface area (Å²) in [4.78, 5) is 22.9. The van der Waals surface area contributed by atoms with Gasteiger partial charge >= 0.3 is 0 Å². The van der Waals surface area contributed by atoms with Crippen molar-refractivity contribution in [3.8, 4) is 17.0 Å². The van der Waals surface area contributed by atoms with Crippen molar-refractivity contribution >= 4 is 41.6 Å². The number of likely N-dealkylation sites (tertiary alicyclic amines) is 1. The van der Waals surface area contributed by atoms with Crippen LogP contribution in [0.25, 0.3) is 27.8 Å². The molecule has 3 N–H and O–H groups in total. The molecular formula is C26H23BN6O2. The minimum Gasteiger partial charge on any atom is -0.507 e. The molecule has 9 heteroatoms. The van der Waals surface area contributed by atoms with E-state index >= 15 is 0 Å². The summed E-state index contributed by atoms with van der Waals surface area (Å²) in [5.74, 6) is 0.942. The third kappa shape index (κ3) is 3.79. The number of piperidine rings is 1. The van der Waals surface area contributed by atoms with E-state index in [9.17, 15) is 9.90 Å². The number of hydrogen-bond acceptors (Lipinski definition) is 5. The quantitative estimate of drug-likeness (QED) is 0.357. The van der Waals surface area contributed by atoms with Gasteiger partial charge in [-0.3, -0.25) is 4.79 Å². The summed E-state index contributed by atoms with van der Waals surface area (Å²) in [6.45, 7) is 1.30. The highest BCUT2D eigenvalue weighted by Crippen LogP contribution is 2.30. The summed E-state index contributed by atoms with van der Waals surface area (Å²) in [5, 5.41) is 19.2. The number of para-hydroxylation sites is 2. The lowest BCUT2D eigenvalue weighted by molar-refractivity contribution is 0.0720. The number of rotatable bonds is 4.